The number of amides is 1. The lowest BCUT2D eigenvalue weighted by atomic mass is 9.94. The Labute approximate surface area is 179 Å². The van der Waals surface area contributed by atoms with E-state index in [1.165, 1.54) is 12.1 Å². The maximum absolute atomic E-state index is 12.1. The standard InChI is InChI=1S/C26H22N2O3/c27-26(31)25(30)24-22-15-19(29)12-13-28(22)21(23(24)17-10-11-17)14-18-8-4-5-9-20(18)16-6-2-1-3-7-16/h1-9,12-13,15,17,30H,10-11,14H2,(H2,27,31). The van der Waals surface area contributed by atoms with Crippen LogP contribution in [-0.2, 0) is 11.2 Å². The van der Waals surface area contributed by atoms with Crippen molar-refractivity contribution in [1.29, 1.82) is 0 Å². The molecular formula is C26H22N2O3. The number of carbonyl (C=O) groups is 1. The summed E-state index contributed by atoms with van der Waals surface area (Å²) >= 11 is 0. The summed E-state index contributed by atoms with van der Waals surface area (Å²) in [6, 6.07) is 21.4. The van der Waals surface area contributed by atoms with Crippen LogP contribution in [0.5, 0.6) is 0 Å². The van der Waals surface area contributed by atoms with Gasteiger partial charge in [-0.25, -0.2) is 0 Å². The first kappa shape index (κ1) is 19.1. The van der Waals surface area contributed by atoms with Gasteiger partial charge in [0.15, 0.2) is 11.2 Å². The minimum atomic E-state index is -0.887. The Bertz CT molecular complexity index is 1420. The van der Waals surface area contributed by atoms with E-state index in [0.29, 0.717) is 17.2 Å². The van der Waals surface area contributed by atoms with Crippen LogP contribution in [-0.4, -0.2) is 15.4 Å². The molecule has 0 unspecified atom stereocenters. The van der Waals surface area contributed by atoms with Gasteiger partial charge in [-0.05, 0) is 41.0 Å². The van der Waals surface area contributed by atoms with Gasteiger partial charge in [-0.3, -0.25) is 9.59 Å². The molecule has 2 heterocycles. The van der Waals surface area contributed by atoms with Gasteiger partial charge in [0, 0.05) is 30.4 Å². The van der Waals surface area contributed by atoms with Crippen LogP contribution in [0.25, 0.3) is 22.4 Å². The van der Waals surface area contributed by atoms with Gasteiger partial charge >= 0.3 is 0 Å². The van der Waals surface area contributed by atoms with Crippen LogP contribution in [0.15, 0.2) is 77.7 Å². The summed E-state index contributed by atoms with van der Waals surface area (Å²) in [5, 5.41) is 11.0. The summed E-state index contributed by atoms with van der Waals surface area (Å²) in [5.74, 6) is -1.13. The van der Waals surface area contributed by atoms with Crippen molar-refractivity contribution < 1.29 is 9.90 Å². The van der Waals surface area contributed by atoms with Crippen molar-refractivity contribution in [2.75, 3.05) is 0 Å². The summed E-state index contributed by atoms with van der Waals surface area (Å²) < 4.78 is 1.92. The number of nitrogens with zero attached hydrogens (tertiary/aromatic N) is 1. The van der Waals surface area contributed by atoms with E-state index in [9.17, 15) is 14.7 Å². The molecule has 0 spiro atoms. The molecule has 1 aliphatic rings. The highest BCUT2D eigenvalue weighted by atomic mass is 16.3. The van der Waals surface area contributed by atoms with Crippen LogP contribution in [0.2, 0.25) is 0 Å². The van der Waals surface area contributed by atoms with E-state index in [4.69, 9.17) is 5.73 Å². The molecule has 2 aromatic carbocycles. The Kier molecular flexibility index (Phi) is 4.59. The van der Waals surface area contributed by atoms with Crippen LogP contribution >= 0.6 is 0 Å². The van der Waals surface area contributed by atoms with Gasteiger partial charge in [0.2, 0.25) is 0 Å². The molecule has 1 fully saturated rings. The molecule has 4 aromatic rings. The SMILES string of the molecule is NC(=O)C(O)=c1c(C2CC2)c(Cc2ccccc2-c2ccccc2)n2ccc(=O)cc12. The zero-order valence-electron chi connectivity index (χ0n) is 16.9. The lowest BCUT2D eigenvalue weighted by Gasteiger charge is -2.12. The Hall–Kier alpha value is -3.86. The Morgan fingerprint density at radius 2 is 1.74 bits per heavy atom. The highest BCUT2D eigenvalue weighted by Gasteiger charge is 2.32. The van der Waals surface area contributed by atoms with Crippen molar-refractivity contribution in [2.45, 2.75) is 25.2 Å². The average molecular weight is 410 g/mol. The molecule has 1 saturated carbocycles. The minimum Gasteiger partial charge on any atom is -0.503 e. The summed E-state index contributed by atoms with van der Waals surface area (Å²) in [6.07, 6.45) is 4.28. The van der Waals surface area contributed by atoms with Crippen molar-refractivity contribution in [3.8, 4) is 11.1 Å². The summed E-state index contributed by atoms with van der Waals surface area (Å²) in [5.41, 5.74) is 11.1. The number of carbonyl (C=O) groups excluding carboxylic acids is 1. The first-order chi connectivity index (χ1) is 15.0. The van der Waals surface area contributed by atoms with Crippen molar-refractivity contribution in [3.63, 3.8) is 0 Å². The smallest absolute Gasteiger partial charge is 0.284 e. The number of hydrogen-bond acceptors (Lipinski definition) is 3. The highest BCUT2D eigenvalue weighted by Crippen LogP contribution is 2.42. The molecule has 2 aromatic heterocycles. The fourth-order valence-corrected chi connectivity index (χ4v) is 4.44. The first-order valence-electron chi connectivity index (χ1n) is 10.4. The Morgan fingerprint density at radius 1 is 1.03 bits per heavy atom. The number of rotatable bonds is 5. The van der Waals surface area contributed by atoms with Crippen LogP contribution in [0.4, 0.5) is 0 Å². The van der Waals surface area contributed by atoms with Crippen molar-refractivity contribution in [3.05, 3.63) is 105 Å². The number of hydrogen-bond donors (Lipinski definition) is 2. The molecule has 1 amide bonds. The van der Waals surface area contributed by atoms with E-state index in [2.05, 4.69) is 24.3 Å². The number of aliphatic hydroxyl groups excluding tert-OH is 1. The van der Waals surface area contributed by atoms with Crippen LogP contribution in [0, 0.1) is 0 Å². The second-order valence-corrected chi connectivity index (χ2v) is 8.04. The third-order valence-corrected chi connectivity index (χ3v) is 5.97. The number of aromatic nitrogens is 1. The van der Waals surface area contributed by atoms with E-state index in [1.54, 1.807) is 6.20 Å². The molecule has 0 radical (unpaired) electrons. The maximum Gasteiger partial charge on any atom is 0.284 e. The third kappa shape index (κ3) is 3.38. The lowest BCUT2D eigenvalue weighted by Crippen LogP contribution is -2.22. The molecule has 0 bridgehead atoms. The minimum absolute atomic E-state index is 0.179. The molecule has 5 nitrogen and oxygen atoms in total. The molecular weight excluding hydrogens is 388 g/mol. The van der Waals surface area contributed by atoms with Crippen molar-refractivity contribution >= 4 is 17.2 Å². The van der Waals surface area contributed by atoms with E-state index in [1.807, 2.05) is 34.7 Å². The molecule has 3 N–H and O–H groups in total. The lowest BCUT2D eigenvalue weighted by molar-refractivity contribution is -0.114. The predicted octanol–water partition coefficient (Wildman–Crippen LogP) is 3.31. The quantitative estimate of drug-likeness (QED) is 0.529. The van der Waals surface area contributed by atoms with Crippen LogP contribution in [0.3, 0.4) is 0 Å². The summed E-state index contributed by atoms with van der Waals surface area (Å²) in [4.78, 5) is 24.0. The molecule has 5 heteroatoms. The topological polar surface area (TPSA) is 84.8 Å². The van der Waals surface area contributed by atoms with Gasteiger partial charge in [-0.2, -0.15) is 0 Å². The second-order valence-electron chi connectivity index (χ2n) is 8.04. The van der Waals surface area contributed by atoms with E-state index >= 15 is 0 Å². The fraction of sp³-hybridized carbons (Fsp3) is 0.154. The van der Waals surface area contributed by atoms with Gasteiger partial charge in [0.05, 0.1) is 10.7 Å². The summed E-state index contributed by atoms with van der Waals surface area (Å²) in [7, 11) is 0. The monoisotopic (exact) mass is 410 g/mol. The Morgan fingerprint density at radius 3 is 2.45 bits per heavy atom. The number of nitrogens with two attached hydrogens (primary N) is 1. The first-order valence-corrected chi connectivity index (χ1v) is 10.4. The predicted molar refractivity (Wildman–Crippen MR) is 121 cm³/mol. The average Bonchev–Trinajstić information content (AvgIpc) is 3.57. The molecule has 154 valence electrons. The molecule has 5 rings (SSSR count). The zero-order valence-corrected chi connectivity index (χ0v) is 16.9. The third-order valence-electron chi connectivity index (χ3n) is 5.97. The molecule has 0 aliphatic heterocycles. The van der Waals surface area contributed by atoms with Crippen molar-refractivity contribution in [1.82, 2.24) is 4.40 Å². The second kappa shape index (κ2) is 7.43. The largest absolute Gasteiger partial charge is 0.503 e. The number of benzene rings is 2. The van der Waals surface area contributed by atoms with Crippen LogP contribution < -0.4 is 16.4 Å². The number of aliphatic hydroxyl groups is 1. The van der Waals surface area contributed by atoms with E-state index in [0.717, 1.165) is 40.8 Å². The normalized spacial score (nSPS) is 14.6. The highest BCUT2D eigenvalue weighted by molar-refractivity contribution is 6.09. The number of pyridine rings is 1. The maximum atomic E-state index is 12.1. The van der Waals surface area contributed by atoms with E-state index < -0.39 is 11.7 Å². The molecule has 0 saturated heterocycles. The van der Waals surface area contributed by atoms with Gasteiger partial charge < -0.3 is 15.2 Å². The fourth-order valence-electron chi connectivity index (χ4n) is 4.44. The van der Waals surface area contributed by atoms with Gasteiger partial charge in [-0.15, -0.1) is 0 Å². The van der Waals surface area contributed by atoms with Gasteiger partial charge in [0.1, 0.15) is 0 Å². The number of primary amides is 1. The molecule has 1 aliphatic carbocycles. The summed E-state index contributed by atoms with van der Waals surface area (Å²) in [6.45, 7) is 0. The van der Waals surface area contributed by atoms with Gasteiger partial charge in [-0.1, -0.05) is 54.6 Å². The molecule has 0 atom stereocenters. The zero-order chi connectivity index (χ0) is 21.5. The Balaban J connectivity index is 1.79. The molecule has 31 heavy (non-hydrogen) atoms. The number of fused-ring (bicyclic) bond motifs is 1. The van der Waals surface area contributed by atoms with Crippen LogP contribution in [0.1, 0.15) is 35.6 Å². The van der Waals surface area contributed by atoms with Crippen molar-refractivity contribution in [2.24, 2.45) is 5.73 Å². The van der Waals surface area contributed by atoms with Gasteiger partial charge in [0.25, 0.3) is 5.91 Å². The van der Waals surface area contributed by atoms with E-state index in [-0.39, 0.29) is 11.3 Å².